The van der Waals surface area contributed by atoms with Crippen molar-refractivity contribution >= 4 is 11.6 Å². The van der Waals surface area contributed by atoms with Crippen LogP contribution in [0.3, 0.4) is 0 Å². The van der Waals surface area contributed by atoms with Crippen molar-refractivity contribution in [2.75, 3.05) is 7.11 Å². The summed E-state index contributed by atoms with van der Waals surface area (Å²) in [5.74, 6) is 1.16. The minimum absolute atomic E-state index is 0.00869. The van der Waals surface area contributed by atoms with Crippen molar-refractivity contribution < 1.29 is 14.3 Å². The third-order valence-electron chi connectivity index (χ3n) is 4.28. The van der Waals surface area contributed by atoms with E-state index in [-0.39, 0.29) is 18.0 Å². The summed E-state index contributed by atoms with van der Waals surface area (Å²) in [5, 5.41) is 0. The van der Waals surface area contributed by atoms with Crippen LogP contribution in [0.1, 0.15) is 56.0 Å². The molecular weight excluding hydrogens is 252 g/mol. The summed E-state index contributed by atoms with van der Waals surface area (Å²) in [6, 6.07) is 5.47. The molecule has 0 saturated carbocycles. The van der Waals surface area contributed by atoms with Crippen molar-refractivity contribution in [3.8, 4) is 5.75 Å². The Kier molecular flexibility index (Phi) is 3.98. The molecule has 0 amide bonds. The van der Waals surface area contributed by atoms with Gasteiger partial charge in [-0.15, -0.1) is 0 Å². The first-order valence-electron chi connectivity index (χ1n) is 7.13. The number of hydrogen-bond donors (Lipinski definition) is 0. The predicted molar refractivity (Wildman–Crippen MR) is 78.4 cm³/mol. The lowest BCUT2D eigenvalue weighted by Gasteiger charge is -2.34. The molecule has 1 unspecified atom stereocenters. The highest BCUT2D eigenvalue weighted by Crippen LogP contribution is 2.40. The van der Waals surface area contributed by atoms with E-state index >= 15 is 0 Å². The Labute approximate surface area is 120 Å². The van der Waals surface area contributed by atoms with Crippen LogP contribution in [-0.4, -0.2) is 18.7 Å². The van der Waals surface area contributed by atoms with Crippen LogP contribution >= 0.6 is 0 Å². The first-order chi connectivity index (χ1) is 9.38. The lowest BCUT2D eigenvalue weighted by atomic mass is 9.67. The Morgan fingerprint density at radius 2 is 2.00 bits per heavy atom. The molecule has 0 radical (unpaired) electrons. The molecule has 1 aliphatic carbocycles. The molecule has 0 fully saturated rings. The van der Waals surface area contributed by atoms with Gasteiger partial charge in [0, 0.05) is 5.56 Å². The Bertz CT molecular complexity index is 545. The molecule has 0 N–H and O–H groups in total. The van der Waals surface area contributed by atoms with Gasteiger partial charge < -0.3 is 4.74 Å². The molecule has 20 heavy (non-hydrogen) atoms. The lowest BCUT2D eigenvalue weighted by Crippen LogP contribution is -2.40. The van der Waals surface area contributed by atoms with Crippen LogP contribution in [0.4, 0.5) is 0 Å². The quantitative estimate of drug-likeness (QED) is 0.789. The van der Waals surface area contributed by atoms with E-state index in [9.17, 15) is 9.59 Å². The molecule has 1 atom stereocenters. The summed E-state index contributed by atoms with van der Waals surface area (Å²) in [5.41, 5.74) is 0.968. The van der Waals surface area contributed by atoms with E-state index in [0.29, 0.717) is 17.2 Å². The number of carbonyl (C=O) groups excluding carboxylic acids is 2. The molecule has 0 heterocycles. The van der Waals surface area contributed by atoms with E-state index < -0.39 is 5.41 Å². The number of methoxy groups -OCH3 is 1. The van der Waals surface area contributed by atoms with Crippen LogP contribution in [0.5, 0.6) is 5.75 Å². The largest absolute Gasteiger partial charge is 0.497 e. The van der Waals surface area contributed by atoms with Gasteiger partial charge in [-0.3, -0.25) is 9.59 Å². The molecule has 3 heteroatoms. The monoisotopic (exact) mass is 274 g/mol. The van der Waals surface area contributed by atoms with Crippen molar-refractivity contribution in [2.45, 2.75) is 45.4 Å². The van der Waals surface area contributed by atoms with Gasteiger partial charge in [0.15, 0.2) is 11.6 Å². The Hall–Kier alpha value is -1.64. The third kappa shape index (κ3) is 2.49. The van der Waals surface area contributed by atoms with Crippen molar-refractivity contribution in [3.63, 3.8) is 0 Å². The maximum atomic E-state index is 12.4. The Morgan fingerprint density at radius 3 is 2.60 bits per heavy atom. The molecule has 3 nitrogen and oxygen atoms in total. The average molecular weight is 274 g/mol. The molecule has 0 spiro atoms. The van der Waals surface area contributed by atoms with Crippen molar-refractivity contribution in [3.05, 3.63) is 29.3 Å². The molecule has 0 saturated heterocycles. The molecule has 1 aromatic carbocycles. The second-order valence-electron chi connectivity index (χ2n) is 6.20. The summed E-state index contributed by atoms with van der Waals surface area (Å²) in [7, 11) is 1.58. The van der Waals surface area contributed by atoms with Gasteiger partial charge in [0.2, 0.25) is 0 Å². The average Bonchev–Trinajstić information content (AvgIpc) is 2.42. The van der Waals surface area contributed by atoms with Crippen LogP contribution in [0.15, 0.2) is 18.2 Å². The minimum atomic E-state index is -0.542. The van der Waals surface area contributed by atoms with Gasteiger partial charge in [0.25, 0.3) is 0 Å². The maximum Gasteiger partial charge on any atom is 0.170 e. The molecule has 0 aromatic heterocycles. The van der Waals surface area contributed by atoms with Crippen LogP contribution in [0, 0.1) is 5.92 Å². The molecule has 1 aromatic rings. The van der Waals surface area contributed by atoms with Crippen LogP contribution < -0.4 is 4.74 Å². The van der Waals surface area contributed by atoms with Gasteiger partial charge in [-0.1, -0.05) is 19.9 Å². The number of benzene rings is 1. The summed E-state index contributed by atoms with van der Waals surface area (Å²) in [6.07, 6.45) is 1.77. The fraction of sp³-hybridized carbons (Fsp3) is 0.529. The fourth-order valence-electron chi connectivity index (χ4n) is 2.80. The van der Waals surface area contributed by atoms with Crippen LogP contribution in [-0.2, 0) is 10.2 Å². The standard InChI is InChI=1S/C17H22O3/c1-11(2)7-8-17(3)14-6-5-12(20-4)9-13(14)15(18)10-16(17)19/h5-6,9,11H,7-8,10H2,1-4H3. The number of carbonyl (C=O) groups is 2. The molecule has 0 aliphatic heterocycles. The highest BCUT2D eigenvalue weighted by atomic mass is 16.5. The molecule has 2 rings (SSSR count). The third-order valence-corrected chi connectivity index (χ3v) is 4.28. The normalized spacial score (nSPS) is 22.1. The van der Waals surface area contributed by atoms with Crippen LogP contribution in [0.2, 0.25) is 0 Å². The Morgan fingerprint density at radius 1 is 1.30 bits per heavy atom. The first-order valence-corrected chi connectivity index (χ1v) is 7.13. The van der Waals surface area contributed by atoms with E-state index in [1.165, 1.54) is 0 Å². The van der Waals surface area contributed by atoms with E-state index in [0.717, 1.165) is 18.4 Å². The van der Waals surface area contributed by atoms with E-state index in [4.69, 9.17) is 4.74 Å². The van der Waals surface area contributed by atoms with Gasteiger partial charge in [-0.2, -0.15) is 0 Å². The lowest BCUT2D eigenvalue weighted by molar-refractivity contribution is -0.123. The predicted octanol–water partition coefficient (Wildman–Crippen LogP) is 3.54. The summed E-state index contributed by atoms with van der Waals surface area (Å²) >= 11 is 0. The van der Waals surface area contributed by atoms with Crippen LogP contribution in [0.25, 0.3) is 0 Å². The van der Waals surface area contributed by atoms with E-state index in [1.807, 2.05) is 19.1 Å². The second-order valence-corrected chi connectivity index (χ2v) is 6.20. The maximum absolute atomic E-state index is 12.4. The number of ketones is 2. The number of hydrogen-bond acceptors (Lipinski definition) is 3. The first kappa shape index (κ1) is 14.8. The number of Topliss-reactive ketones (excluding diaryl/α,β-unsaturated/α-hetero) is 2. The number of ether oxygens (including phenoxy) is 1. The van der Waals surface area contributed by atoms with Crippen molar-refractivity contribution in [1.29, 1.82) is 0 Å². The van der Waals surface area contributed by atoms with Gasteiger partial charge in [-0.05, 0) is 43.4 Å². The van der Waals surface area contributed by atoms with Crippen molar-refractivity contribution in [2.24, 2.45) is 5.92 Å². The Balaban J connectivity index is 2.47. The van der Waals surface area contributed by atoms with E-state index in [1.54, 1.807) is 13.2 Å². The number of rotatable bonds is 4. The highest BCUT2D eigenvalue weighted by molar-refractivity contribution is 6.16. The molecule has 108 valence electrons. The summed E-state index contributed by atoms with van der Waals surface area (Å²) in [4.78, 5) is 24.5. The zero-order valence-corrected chi connectivity index (χ0v) is 12.7. The molecule has 0 bridgehead atoms. The zero-order valence-electron chi connectivity index (χ0n) is 12.7. The minimum Gasteiger partial charge on any atom is -0.497 e. The van der Waals surface area contributed by atoms with Gasteiger partial charge in [0.05, 0.1) is 18.9 Å². The van der Waals surface area contributed by atoms with Gasteiger partial charge in [-0.25, -0.2) is 0 Å². The zero-order chi connectivity index (χ0) is 14.9. The topological polar surface area (TPSA) is 43.4 Å². The second kappa shape index (κ2) is 5.39. The SMILES string of the molecule is COc1ccc2c(c1)C(=O)CC(=O)C2(C)CCC(C)C. The summed E-state index contributed by atoms with van der Waals surface area (Å²) in [6.45, 7) is 6.27. The smallest absolute Gasteiger partial charge is 0.170 e. The van der Waals surface area contributed by atoms with Gasteiger partial charge in [0.1, 0.15) is 5.75 Å². The summed E-state index contributed by atoms with van der Waals surface area (Å²) < 4.78 is 5.18. The fourth-order valence-corrected chi connectivity index (χ4v) is 2.80. The van der Waals surface area contributed by atoms with E-state index in [2.05, 4.69) is 13.8 Å². The van der Waals surface area contributed by atoms with Gasteiger partial charge >= 0.3 is 0 Å². The molecule has 1 aliphatic rings. The molecular formula is C17H22O3. The number of fused-ring (bicyclic) bond motifs is 1. The highest BCUT2D eigenvalue weighted by Gasteiger charge is 2.42. The van der Waals surface area contributed by atoms with Crippen molar-refractivity contribution in [1.82, 2.24) is 0 Å².